The van der Waals surface area contributed by atoms with Gasteiger partial charge in [0.1, 0.15) is 10.6 Å². The molecule has 0 spiro atoms. The van der Waals surface area contributed by atoms with E-state index in [0.29, 0.717) is 11.3 Å². The molecule has 3 rings (SSSR count). The van der Waals surface area contributed by atoms with E-state index in [-0.39, 0.29) is 42.7 Å². The molecule has 2 amide bonds. The lowest BCUT2D eigenvalue weighted by Crippen LogP contribution is -2.50. The average Bonchev–Trinajstić information content (AvgIpc) is 3.15. The third-order valence-electron chi connectivity index (χ3n) is 5.12. The van der Waals surface area contributed by atoms with Crippen molar-refractivity contribution >= 4 is 21.8 Å². The third kappa shape index (κ3) is 3.31. The van der Waals surface area contributed by atoms with E-state index in [1.165, 1.54) is 21.1 Å². The Morgan fingerprint density at radius 2 is 1.71 bits per heavy atom. The van der Waals surface area contributed by atoms with E-state index < -0.39 is 15.9 Å². The Morgan fingerprint density at radius 3 is 2.18 bits per heavy atom. The van der Waals surface area contributed by atoms with Crippen molar-refractivity contribution in [1.82, 2.24) is 23.6 Å². The fourth-order valence-electron chi connectivity index (χ4n) is 3.44. The third-order valence-corrected chi connectivity index (χ3v) is 6.98. The SMILES string of the molecule is Cc1nn(C)c(C)c1C(=O)N1CCN(S(=O)(=O)c2cc(C(N)=O)n(C)c2)CC1. The largest absolute Gasteiger partial charge is 0.364 e. The molecule has 0 unspecified atom stereocenters. The highest BCUT2D eigenvalue weighted by Crippen LogP contribution is 2.21. The molecule has 1 fully saturated rings. The van der Waals surface area contributed by atoms with E-state index in [9.17, 15) is 18.0 Å². The zero-order valence-electron chi connectivity index (χ0n) is 16.3. The van der Waals surface area contributed by atoms with Crippen LogP contribution in [0.25, 0.3) is 0 Å². The number of piperazine rings is 1. The molecule has 11 heteroatoms. The Bertz CT molecular complexity index is 1040. The van der Waals surface area contributed by atoms with Crippen molar-refractivity contribution in [1.29, 1.82) is 0 Å². The lowest BCUT2D eigenvalue weighted by molar-refractivity contribution is 0.0696. The maximum Gasteiger partial charge on any atom is 0.265 e. The smallest absolute Gasteiger partial charge is 0.265 e. The maximum absolute atomic E-state index is 12.9. The van der Waals surface area contributed by atoms with Gasteiger partial charge in [-0.25, -0.2) is 8.42 Å². The van der Waals surface area contributed by atoms with Crippen LogP contribution in [0.5, 0.6) is 0 Å². The van der Waals surface area contributed by atoms with E-state index in [1.807, 2.05) is 6.92 Å². The van der Waals surface area contributed by atoms with Crippen LogP contribution in [0, 0.1) is 13.8 Å². The summed E-state index contributed by atoms with van der Waals surface area (Å²) in [5, 5.41) is 4.27. The van der Waals surface area contributed by atoms with Crippen molar-refractivity contribution < 1.29 is 18.0 Å². The second-order valence-corrected chi connectivity index (χ2v) is 8.84. The van der Waals surface area contributed by atoms with Crippen molar-refractivity contribution in [3.05, 3.63) is 34.9 Å². The van der Waals surface area contributed by atoms with Gasteiger partial charge in [-0.1, -0.05) is 0 Å². The van der Waals surface area contributed by atoms with Gasteiger partial charge in [-0.3, -0.25) is 14.3 Å². The van der Waals surface area contributed by atoms with Crippen LogP contribution in [0.4, 0.5) is 0 Å². The molecule has 3 heterocycles. The number of carbonyl (C=O) groups excluding carboxylic acids is 2. The summed E-state index contributed by atoms with van der Waals surface area (Å²) in [4.78, 5) is 25.9. The first-order valence-electron chi connectivity index (χ1n) is 8.79. The highest BCUT2D eigenvalue weighted by Gasteiger charge is 2.33. The minimum Gasteiger partial charge on any atom is -0.364 e. The average molecular weight is 408 g/mol. The van der Waals surface area contributed by atoms with Gasteiger partial charge in [0.25, 0.3) is 11.8 Å². The van der Waals surface area contributed by atoms with Gasteiger partial charge in [-0.05, 0) is 19.9 Å². The zero-order chi connectivity index (χ0) is 20.8. The Hall–Kier alpha value is -2.66. The van der Waals surface area contributed by atoms with E-state index in [1.54, 1.807) is 30.6 Å². The van der Waals surface area contributed by atoms with Crippen molar-refractivity contribution in [2.24, 2.45) is 19.8 Å². The van der Waals surface area contributed by atoms with Crippen LogP contribution in [0.3, 0.4) is 0 Å². The first kappa shape index (κ1) is 20.1. The van der Waals surface area contributed by atoms with Crippen LogP contribution in [-0.2, 0) is 24.1 Å². The quantitative estimate of drug-likeness (QED) is 0.739. The standard InChI is InChI=1S/C17H24N6O4S/c1-11-15(12(2)21(4)19-11)17(25)22-5-7-23(8-6-22)28(26,27)13-9-14(16(18)24)20(3)10-13/h9-10H,5-8H2,1-4H3,(H2,18,24). The molecule has 1 saturated heterocycles. The number of sulfonamides is 1. The predicted octanol–water partition coefficient (Wildman–Crippen LogP) is -0.379. The number of rotatable bonds is 4. The van der Waals surface area contributed by atoms with E-state index in [4.69, 9.17) is 5.73 Å². The lowest BCUT2D eigenvalue weighted by atomic mass is 10.1. The van der Waals surface area contributed by atoms with Gasteiger partial charge in [0.2, 0.25) is 10.0 Å². The van der Waals surface area contributed by atoms with Crippen LogP contribution >= 0.6 is 0 Å². The van der Waals surface area contributed by atoms with Crippen molar-refractivity contribution in [2.45, 2.75) is 18.7 Å². The second kappa shape index (κ2) is 7.06. The van der Waals surface area contributed by atoms with Crippen LogP contribution < -0.4 is 5.73 Å². The summed E-state index contributed by atoms with van der Waals surface area (Å²) in [7, 11) is -0.428. The fraction of sp³-hybridized carbons (Fsp3) is 0.471. The molecule has 0 saturated carbocycles. The van der Waals surface area contributed by atoms with E-state index in [0.717, 1.165) is 5.69 Å². The number of amides is 2. The number of nitrogens with zero attached hydrogens (tertiary/aromatic N) is 5. The monoisotopic (exact) mass is 408 g/mol. The van der Waals surface area contributed by atoms with Crippen molar-refractivity contribution in [3.63, 3.8) is 0 Å². The lowest BCUT2D eigenvalue weighted by Gasteiger charge is -2.33. The van der Waals surface area contributed by atoms with Crippen molar-refractivity contribution in [2.75, 3.05) is 26.2 Å². The molecule has 10 nitrogen and oxygen atoms in total. The predicted molar refractivity (Wildman–Crippen MR) is 101 cm³/mol. The zero-order valence-corrected chi connectivity index (χ0v) is 17.2. The molecule has 0 aromatic carbocycles. The number of aromatic nitrogens is 3. The van der Waals surface area contributed by atoms with Gasteiger partial charge in [0.05, 0.1) is 11.3 Å². The van der Waals surface area contributed by atoms with Crippen molar-refractivity contribution in [3.8, 4) is 0 Å². The van der Waals surface area contributed by atoms with E-state index >= 15 is 0 Å². The molecule has 152 valence electrons. The number of aryl methyl sites for hydroxylation is 3. The number of carbonyl (C=O) groups is 2. The molecule has 0 aliphatic carbocycles. The molecule has 0 atom stereocenters. The summed E-state index contributed by atoms with van der Waals surface area (Å²) < 4.78 is 30.1. The maximum atomic E-state index is 12.9. The molecule has 0 bridgehead atoms. The van der Waals surface area contributed by atoms with Gasteiger partial charge in [0.15, 0.2) is 0 Å². The summed E-state index contributed by atoms with van der Waals surface area (Å²) in [5.74, 6) is -0.836. The molecular formula is C17H24N6O4S. The van der Waals surface area contributed by atoms with Gasteiger partial charge in [0, 0.05) is 52.2 Å². The molecule has 2 N–H and O–H groups in total. The fourth-order valence-corrected chi connectivity index (χ4v) is 4.94. The first-order valence-corrected chi connectivity index (χ1v) is 10.2. The Balaban J connectivity index is 1.75. The van der Waals surface area contributed by atoms with E-state index in [2.05, 4.69) is 5.10 Å². The minimum atomic E-state index is -3.77. The number of hydrogen-bond donors (Lipinski definition) is 1. The van der Waals surface area contributed by atoms with Crippen LogP contribution in [0.2, 0.25) is 0 Å². The summed E-state index contributed by atoms with van der Waals surface area (Å²) >= 11 is 0. The Kier molecular flexibility index (Phi) is 5.06. The normalized spacial score (nSPS) is 15.8. The minimum absolute atomic E-state index is 0.0162. The van der Waals surface area contributed by atoms with Gasteiger partial charge >= 0.3 is 0 Å². The highest BCUT2D eigenvalue weighted by atomic mass is 32.2. The summed E-state index contributed by atoms with van der Waals surface area (Å²) in [6.45, 7) is 4.52. The molecule has 0 radical (unpaired) electrons. The molecule has 2 aromatic rings. The number of hydrogen-bond acceptors (Lipinski definition) is 5. The highest BCUT2D eigenvalue weighted by molar-refractivity contribution is 7.89. The summed E-state index contributed by atoms with van der Waals surface area (Å²) in [6.07, 6.45) is 1.37. The Labute approximate surface area is 163 Å². The summed E-state index contributed by atoms with van der Waals surface area (Å²) in [6, 6.07) is 1.28. The molecule has 1 aliphatic heterocycles. The van der Waals surface area contributed by atoms with Crippen LogP contribution in [0.1, 0.15) is 32.2 Å². The van der Waals surface area contributed by atoms with Gasteiger partial charge in [-0.15, -0.1) is 0 Å². The molecule has 2 aromatic heterocycles. The van der Waals surface area contributed by atoms with Crippen LogP contribution in [-0.4, -0.2) is 70.0 Å². The first-order chi connectivity index (χ1) is 13.0. The Morgan fingerprint density at radius 1 is 1.11 bits per heavy atom. The topological polar surface area (TPSA) is 124 Å². The number of primary amides is 1. The van der Waals surface area contributed by atoms with Gasteiger partial charge in [-0.2, -0.15) is 9.40 Å². The molecule has 1 aliphatic rings. The second-order valence-electron chi connectivity index (χ2n) is 6.90. The molecule has 28 heavy (non-hydrogen) atoms. The number of nitrogens with two attached hydrogens (primary N) is 1. The molecular weight excluding hydrogens is 384 g/mol. The van der Waals surface area contributed by atoms with Gasteiger partial charge < -0.3 is 15.2 Å². The van der Waals surface area contributed by atoms with Crippen LogP contribution in [0.15, 0.2) is 17.2 Å². The summed E-state index contributed by atoms with van der Waals surface area (Å²) in [5.41, 5.74) is 7.38.